The maximum atomic E-state index is 12.6. The van der Waals surface area contributed by atoms with Crippen LogP contribution < -0.4 is 0 Å². The van der Waals surface area contributed by atoms with Crippen LogP contribution in [0.2, 0.25) is 0 Å². The summed E-state index contributed by atoms with van der Waals surface area (Å²) >= 11 is 0. The molecule has 0 saturated carbocycles. The molecule has 1 aliphatic heterocycles. The molecule has 3 rings (SSSR count). The Bertz CT molecular complexity index is 719. The van der Waals surface area contributed by atoms with E-state index in [1.165, 1.54) is 0 Å². The molecule has 128 valence electrons. The molecular formula is C19H26N4O. The zero-order valence-corrected chi connectivity index (χ0v) is 15.0. The van der Waals surface area contributed by atoms with Crippen LogP contribution in [0.5, 0.6) is 0 Å². The van der Waals surface area contributed by atoms with Crippen molar-refractivity contribution in [3.05, 3.63) is 47.3 Å². The monoisotopic (exact) mass is 326 g/mol. The number of piperazine rings is 1. The second-order valence-electron chi connectivity index (χ2n) is 6.88. The van der Waals surface area contributed by atoms with Crippen LogP contribution in [0.15, 0.2) is 30.3 Å². The zero-order chi connectivity index (χ0) is 17.3. The van der Waals surface area contributed by atoms with Crippen molar-refractivity contribution < 1.29 is 4.79 Å². The fraction of sp³-hybridized carbons (Fsp3) is 0.474. The number of rotatable bonds is 3. The van der Waals surface area contributed by atoms with Gasteiger partial charge in [0, 0.05) is 31.4 Å². The number of likely N-dealkylation sites (N-methyl/N-ethyl adjacent to an activating group) is 1. The molecule has 1 aliphatic rings. The minimum Gasteiger partial charge on any atom is -0.337 e. The number of carbonyl (C=O) groups is 1. The number of carbonyl (C=O) groups excluding carboxylic acids is 1. The first-order valence-electron chi connectivity index (χ1n) is 8.54. The number of aromatic nitrogens is 2. The average Bonchev–Trinajstić information content (AvgIpc) is 2.86. The van der Waals surface area contributed by atoms with Crippen LogP contribution in [0.3, 0.4) is 0 Å². The van der Waals surface area contributed by atoms with Crippen LogP contribution in [0, 0.1) is 13.8 Å². The van der Waals surface area contributed by atoms with Crippen molar-refractivity contribution in [2.75, 3.05) is 26.7 Å². The molecule has 1 saturated heterocycles. The molecule has 0 spiro atoms. The molecule has 1 unspecified atom stereocenters. The molecule has 5 heteroatoms. The lowest BCUT2D eigenvalue weighted by molar-refractivity contribution is -0.134. The third kappa shape index (κ3) is 3.51. The fourth-order valence-electron chi connectivity index (χ4n) is 3.43. The third-order valence-corrected chi connectivity index (χ3v) is 4.70. The summed E-state index contributed by atoms with van der Waals surface area (Å²) in [4.78, 5) is 16.9. The van der Waals surface area contributed by atoms with Gasteiger partial charge in [-0.05, 0) is 51.6 Å². The number of benzene rings is 1. The van der Waals surface area contributed by atoms with Gasteiger partial charge in [-0.25, -0.2) is 4.68 Å². The topological polar surface area (TPSA) is 41.4 Å². The second kappa shape index (κ2) is 6.77. The predicted molar refractivity (Wildman–Crippen MR) is 95.4 cm³/mol. The zero-order valence-electron chi connectivity index (χ0n) is 15.0. The smallest absolute Gasteiger partial charge is 0.227 e. The van der Waals surface area contributed by atoms with Crippen LogP contribution >= 0.6 is 0 Å². The first-order valence-corrected chi connectivity index (χ1v) is 8.54. The molecule has 2 aromatic rings. The Hall–Kier alpha value is -2.14. The van der Waals surface area contributed by atoms with Gasteiger partial charge in [-0.2, -0.15) is 5.10 Å². The Balaban J connectivity index is 1.68. The van der Waals surface area contributed by atoms with Crippen LogP contribution in [-0.4, -0.2) is 58.2 Å². The van der Waals surface area contributed by atoms with E-state index >= 15 is 0 Å². The third-order valence-electron chi connectivity index (χ3n) is 4.70. The minimum atomic E-state index is 0.217. The van der Waals surface area contributed by atoms with E-state index in [1.807, 2.05) is 47.7 Å². The van der Waals surface area contributed by atoms with Crippen LogP contribution in [0.1, 0.15) is 23.9 Å². The van der Waals surface area contributed by atoms with Crippen molar-refractivity contribution in [3.63, 3.8) is 0 Å². The van der Waals surface area contributed by atoms with Gasteiger partial charge in [-0.15, -0.1) is 0 Å². The number of aryl methyl sites for hydroxylation is 2. The van der Waals surface area contributed by atoms with Crippen molar-refractivity contribution in [1.29, 1.82) is 0 Å². The van der Waals surface area contributed by atoms with Crippen molar-refractivity contribution in [2.45, 2.75) is 33.2 Å². The predicted octanol–water partition coefficient (Wildman–Crippen LogP) is 2.19. The highest BCUT2D eigenvalue weighted by Crippen LogP contribution is 2.15. The molecule has 0 N–H and O–H groups in total. The molecule has 1 aromatic carbocycles. The normalized spacial score (nSPS) is 18.8. The van der Waals surface area contributed by atoms with Gasteiger partial charge in [0.05, 0.1) is 17.8 Å². The van der Waals surface area contributed by atoms with E-state index in [-0.39, 0.29) is 11.9 Å². The first kappa shape index (κ1) is 16.7. The number of amides is 1. The van der Waals surface area contributed by atoms with Crippen molar-refractivity contribution in [1.82, 2.24) is 19.6 Å². The van der Waals surface area contributed by atoms with Gasteiger partial charge in [0.25, 0.3) is 0 Å². The van der Waals surface area contributed by atoms with E-state index in [0.29, 0.717) is 6.42 Å². The highest BCUT2D eigenvalue weighted by Gasteiger charge is 2.25. The van der Waals surface area contributed by atoms with Gasteiger partial charge in [-0.3, -0.25) is 4.79 Å². The maximum Gasteiger partial charge on any atom is 0.227 e. The SMILES string of the molecule is Cc1cc(C)n(-c2ccc(CC(=O)N3CCN(C)CC3C)cc2)n1. The lowest BCUT2D eigenvalue weighted by atomic mass is 10.1. The maximum absolute atomic E-state index is 12.6. The summed E-state index contributed by atoms with van der Waals surface area (Å²) in [6, 6.07) is 10.5. The lowest BCUT2D eigenvalue weighted by Crippen LogP contribution is -2.53. The highest BCUT2D eigenvalue weighted by atomic mass is 16.2. The first-order chi connectivity index (χ1) is 11.4. The Morgan fingerprint density at radius 3 is 2.50 bits per heavy atom. The van der Waals surface area contributed by atoms with E-state index in [4.69, 9.17) is 0 Å². The number of hydrogen-bond donors (Lipinski definition) is 0. The largest absolute Gasteiger partial charge is 0.337 e. The summed E-state index contributed by atoms with van der Waals surface area (Å²) in [6.45, 7) is 8.88. The highest BCUT2D eigenvalue weighted by molar-refractivity contribution is 5.79. The van der Waals surface area contributed by atoms with Crippen molar-refractivity contribution in [3.8, 4) is 5.69 Å². The van der Waals surface area contributed by atoms with Gasteiger partial charge in [0.2, 0.25) is 5.91 Å². The average molecular weight is 326 g/mol. The molecule has 1 aromatic heterocycles. The van der Waals surface area contributed by atoms with Gasteiger partial charge >= 0.3 is 0 Å². The molecule has 2 heterocycles. The molecular weight excluding hydrogens is 300 g/mol. The van der Waals surface area contributed by atoms with Crippen molar-refractivity contribution in [2.24, 2.45) is 0 Å². The second-order valence-corrected chi connectivity index (χ2v) is 6.88. The summed E-state index contributed by atoms with van der Waals surface area (Å²) in [5.41, 5.74) is 4.21. The van der Waals surface area contributed by atoms with E-state index in [1.54, 1.807) is 0 Å². The number of nitrogens with zero attached hydrogens (tertiary/aromatic N) is 4. The Morgan fingerprint density at radius 1 is 1.21 bits per heavy atom. The van der Waals surface area contributed by atoms with E-state index in [0.717, 1.165) is 42.3 Å². The van der Waals surface area contributed by atoms with E-state index in [2.05, 4.69) is 30.0 Å². The lowest BCUT2D eigenvalue weighted by Gasteiger charge is -2.38. The van der Waals surface area contributed by atoms with E-state index in [9.17, 15) is 4.79 Å². The molecule has 0 bridgehead atoms. The van der Waals surface area contributed by atoms with Gasteiger partial charge in [0.1, 0.15) is 0 Å². The molecule has 1 fully saturated rings. The Kier molecular flexibility index (Phi) is 4.71. The summed E-state index contributed by atoms with van der Waals surface area (Å²) < 4.78 is 1.93. The molecule has 1 atom stereocenters. The number of hydrogen-bond acceptors (Lipinski definition) is 3. The summed E-state index contributed by atoms with van der Waals surface area (Å²) in [6.07, 6.45) is 0.464. The summed E-state index contributed by atoms with van der Waals surface area (Å²) in [7, 11) is 2.11. The molecule has 1 amide bonds. The molecule has 24 heavy (non-hydrogen) atoms. The summed E-state index contributed by atoms with van der Waals surface area (Å²) in [5.74, 6) is 0.217. The fourth-order valence-corrected chi connectivity index (χ4v) is 3.43. The van der Waals surface area contributed by atoms with Gasteiger partial charge in [-0.1, -0.05) is 12.1 Å². The molecule has 0 aliphatic carbocycles. The summed E-state index contributed by atoms with van der Waals surface area (Å²) in [5, 5.41) is 4.50. The van der Waals surface area contributed by atoms with Crippen LogP contribution in [-0.2, 0) is 11.2 Å². The standard InChI is InChI=1S/C19H26N4O/c1-14-11-15(2)23(20-14)18-7-5-17(6-8-18)12-19(24)22-10-9-21(4)13-16(22)3/h5-8,11,16H,9-10,12-13H2,1-4H3. The van der Waals surface area contributed by atoms with E-state index < -0.39 is 0 Å². The Labute approximate surface area is 143 Å². The van der Waals surface area contributed by atoms with Crippen LogP contribution in [0.4, 0.5) is 0 Å². The quantitative estimate of drug-likeness (QED) is 0.868. The van der Waals surface area contributed by atoms with Crippen LogP contribution in [0.25, 0.3) is 5.69 Å². The van der Waals surface area contributed by atoms with Crippen molar-refractivity contribution >= 4 is 5.91 Å². The molecule has 0 radical (unpaired) electrons. The van der Waals surface area contributed by atoms with Gasteiger partial charge in [0.15, 0.2) is 0 Å². The minimum absolute atomic E-state index is 0.217. The van der Waals surface area contributed by atoms with Gasteiger partial charge < -0.3 is 9.80 Å². The molecule has 5 nitrogen and oxygen atoms in total. The Morgan fingerprint density at radius 2 is 1.92 bits per heavy atom.